The highest BCUT2D eigenvalue weighted by molar-refractivity contribution is 5.17. The zero-order valence-corrected chi connectivity index (χ0v) is 10.7. The Hall–Kier alpha value is -0.900. The smallest absolute Gasteiger partial charge is 0.0632 e. The van der Waals surface area contributed by atoms with Gasteiger partial charge in [0.05, 0.1) is 6.61 Å². The lowest BCUT2D eigenvalue weighted by atomic mass is 10.1. The topological polar surface area (TPSA) is 24.5 Å². The standard InChI is InChI=1S/C14H22N2O/c1-12(13-7-4-3-5-8-13)15-16-10-6-9-14(16)11-17-2/h3-5,7-8,12,14-15H,6,9-11H2,1-2H3/t12-,14+/m1/s1. The summed E-state index contributed by atoms with van der Waals surface area (Å²) in [6.45, 7) is 4.14. The van der Waals surface area contributed by atoms with Crippen LogP contribution < -0.4 is 5.43 Å². The molecule has 1 N–H and O–H groups in total. The van der Waals surface area contributed by atoms with Gasteiger partial charge in [-0.25, -0.2) is 10.4 Å². The van der Waals surface area contributed by atoms with Gasteiger partial charge in [-0.1, -0.05) is 30.3 Å². The molecule has 3 heteroatoms. The van der Waals surface area contributed by atoms with E-state index in [1.807, 2.05) is 0 Å². The van der Waals surface area contributed by atoms with Crippen LogP contribution in [0.1, 0.15) is 31.4 Å². The summed E-state index contributed by atoms with van der Waals surface area (Å²) in [5, 5.41) is 2.33. The van der Waals surface area contributed by atoms with E-state index in [0.717, 1.165) is 13.2 Å². The molecule has 0 radical (unpaired) electrons. The molecule has 2 rings (SSSR count). The zero-order valence-electron chi connectivity index (χ0n) is 10.7. The number of nitrogens with one attached hydrogen (secondary N) is 1. The van der Waals surface area contributed by atoms with E-state index < -0.39 is 0 Å². The summed E-state index contributed by atoms with van der Waals surface area (Å²) in [6.07, 6.45) is 2.48. The van der Waals surface area contributed by atoms with E-state index in [4.69, 9.17) is 4.74 Å². The van der Waals surface area contributed by atoms with E-state index in [9.17, 15) is 0 Å². The fourth-order valence-corrected chi connectivity index (χ4v) is 2.44. The minimum atomic E-state index is 0.355. The van der Waals surface area contributed by atoms with Crippen molar-refractivity contribution in [2.75, 3.05) is 20.3 Å². The first kappa shape index (κ1) is 12.6. The summed E-state index contributed by atoms with van der Waals surface area (Å²) in [5.41, 5.74) is 4.91. The first-order chi connectivity index (χ1) is 8.31. The molecule has 1 aromatic carbocycles. The van der Waals surface area contributed by atoms with Crippen molar-refractivity contribution < 1.29 is 4.74 Å². The summed E-state index contributed by atoms with van der Waals surface area (Å²) >= 11 is 0. The molecule has 1 heterocycles. The number of hydrogen-bond donors (Lipinski definition) is 1. The summed E-state index contributed by atoms with van der Waals surface area (Å²) in [5.74, 6) is 0. The molecule has 17 heavy (non-hydrogen) atoms. The molecule has 0 aliphatic carbocycles. The molecule has 0 bridgehead atoms. The Morgan fingerprint density at radius 1 is 1.41 bits per heavy atom. The minimum Gasteiger partial charge on any atom is -0.383 e. The highest BCUT2D eigenvalue weighted by Gasteiger charge is 2.25. The molecular weight excluding hydrogens is 212 g/mol. The molecule has 94 valence electrons. The van der Waals surface area contributed by atoms with Crippen molar-refractivity contribution in [3.05, 3.63) is 35.9 Å². The van der Waals surface area contributed by atoms with Crippen LogP contribution in [-0.4, -0.2) is 31.3 Å². The van der Waals surface area contributed by atoms with Crippen molar-refractivity contribution in [1.29, 1.82) is 0 Å². The molecule has 3 nitrogen and oxygen atoms in total. The van der Waals surface area contributed by atoms with E-state index in [1.165, 1.54) is 18.4 Å². The summed E-state index contributed by atoms with van der Waals surface area (Å²) in [4.78, 5) is 0. The van der Waals surface area contributed by atoms with Gasteiger partial charge in [-0.05, 0) is 25.3 Å². The molecular formula is C14H22N2O. The molecule has 1 saturated heterocycles. The number of nitrogens with zero attached hydrogens (tertiary/aromatic N) is 1. The van der Waals surface area contributed by atoms with Crippen LogP contribution in [0.15, 0.2) is 30.3 Å². The minimum absolute atomic E-state index is 0.355. The maximum atomic E-state index is 5.26. The van der Waals surface area contributed by atoms with E-state index >= 15 is 0 Å². The first-order valence-corrected chi connectivity index (χ1v) is 6.38. The van der Waals surface area contributed by atoms with E-state index in [0.29, 0.717) is 12.1 Å². The largest absolute Gasteiger partial charge is 0.383 e. The SMILES string of the molecule is COC[C@@H]1CCCN1N[C@H](C)c1ccccc1. The average molecular weight is 234 g/mol. The molecule has 1 fully saturated rings. The lowest BCUT2D eigenvalue weighted by Crippen LogP contribution is -2.44. The molecule has 1 aliphatic heterocycles. The number of benzene rings is 1. The second-order valence-corrected chi connectivity index (χ2v) is 4.71. The Morgan fingerprint density at radius 3 is 2.88 bits per heavy atom. The maximum absolute atomic E-state index is 5.26. The average Bonchev–Trinajstić information content (AvgIpc) is 2.78. The number of methoxy groups -OCH3 is 1. The normalized spacial score (nSPS) is 22.8. The molecule has 0 unspecified atom stereocenters. The van der Waals surface area contributed by atoms with Gasteiger partial charge in [0.2, 0.25) is 0 Å². The Labute approximate surface area is 104 Å². The lowest BCUT2D eigenvalue weighted by Gasteiger charge is -2.28. The molecule has 0 saturated carbocycles. The molecule has 0 aromatic heterocycles. The van der Waals surface area contributed by atoms with Gasteiger partial charge in [-0.2, -0.15) is 0 Å². The van der Waals surface area contributed by atoms with Gasteiger partial charge >= 0.3 is 0 Å². The quantitative estimate of drug-likeness (QED) is 0.846. The third-order valence-electron chi connectivity index (χ3n) is 3.40. The van der Waals surface area contributed by atoms with Crippen LogP contribution >= 0.6 is 0 Å². The van der Waals surface area contributed by atoms with Gasteiger partial charge in [0, 0.05) is 25.7 Å². The highest BCUT2D eigenvalue weighted by atomic mass is 16.5. The number of hydrazine groups is 1. The number of hydrogen-bond acceptors (Lipinski definition) is 3. The lowest BCUT2D eigenvalue weighted by molar-refractivity contribution is 0.0731. The Morgan fingerprint density at radius 2 is 2.18 bits per heavy atom. The molecule has 1 aromatic rings. The maximum Gasteiger partial charge on any atom is 0.0632 e. The highest BCUT2D eigenvalue weighted by Crippen LogP contribution is 2.19. The van der Waals surface area contributed by atoms with Gasteiger partial charge in [0.15, 0.2) is 0 Å². The second-order valence-electron chi connectivity index (χ2n) is 4.71. The van der Waals surface area contributed by atoms with Crippen LogP contribution in [0.5, 0.6) is 0 Å². The van der Waals surface area contributed by atoms with Crippen LogP contribution in [0.2, 0.25) is 0 Å². The van der Waals surface area contributed by atoms with E-state index in [2.05, 4.69) is 47.7 Å². The van der Waals surface area contributed by atoms with Crippen LogP contribution in [0, 0.1) is 0 Å². The van der Waals surface area contributed by atoms with Gasteiger partial charge in [0.1, 0.15) is 0 Å². The number of rotatable bonds is 5. The van der Waals surface area contributed by atoms with Crippen molar-refractivity contribution in [1.82, 2.24) is 10.4 Å². The third-order valence-corrected chi connectivity index (χ3v) is 3.40. The van der Waals surface area contributed by atoms with Crippen LogP contribution in [0.4, 0.5) is 0 Å². The summed E-state index contributed by atoms with van der Waals surface area (Å²) in [7, 11) is 1.77. The van der Waals surface area contributed by atoms with Crippen LogP contribution in [0.3, 0.4) is 0 Å². The van der Waals surface area contributed by atoms with Crippen LogP contribution in [0.25, 0.3) is 0 Å². The van der Waals surface area contributed by atoms with Crippen molar-refractivity contribution in [2.45, 2.75) is 31.8 Å². The number of ether oxygens (including phenoxy) is 1. The first-order valence-electron chi connectivity index (χ1n) is 6.38. The van der Waals surface area contributed by atoms with Gasteiger partial charge in [0.25, 0.3) is 0 Å². The Bertz CT molecular complexity index is 328. The van der Waals surface area contributed by atoms with E-state index in [-0.39, 0.29) is 0 Å². The van der Waals surface area contributed by atoms with E-state index in [1.54, 1.807) is 7.11 Å². The van der Waals surface area contributed by atoms with Crippen LogP contribution in [-0.2, 0) is 4.74 Å². The predicted molar refractivity (Wildman–Crippen MR) is 69.6 cm³/mol. The monoisotopic (exact) mass is 234 g/mol. The predicted octanol–water partition coefficient (Wildman–Crippen LogP) is 2.36. The Balaban J connectivity index is 1.92. The molecule has 0 amide bonds. The van der Waals surface area contributed by atoms with Crippen molar-refractivity contribution >= 4 is 0 Å². The van der Waals surface area contributed by atoms with Crippen molar-refractivity contribution in [2.24, 2.45) is 0 Å². The molecule has 2 atom stereocenters. The van der Waals surface area contributed by atoms with Gasteiger partial charge in [-0.3, -0.25) is 0 Å². The van der Waals surface area contributed by atoms with Crippen molar-refractivity contribution in [3.63, 3.8) is 0 Å². The summed E-state index contributed by atoms with van der Waals surface area (Å²) in [6, 6.07) is 11.4. The van der Waals surface area contributed by atoms with Crippen molar-refractivity contribution in [3.8, 4) is 0 Å². The fraction of sp³-hybridized carbons (Fsp3) is 0.571. The van der Waals surface area contributed by atoms with Gasteiger partial charge < -0.3 is 4.74 Å². The third kappa shape index (κ3) is 3.28. The molecule has 1 aliphatic rings. The van der Waals surface area contributed by atoms with Gasteiger partial charge in [-0.15, -0.1) is 0 Å². The summed E-state index contributed by atoms with van der Waals surface area (Å²) < 4.78 is 5.26. The zero-order chi connectivity index (χ0) is 12.1. The second kappa shape index (κ2) is 6.15. The molecule has 0 spiro atoms. The fourth-order valence-electron chi connectivity index (χ4n) is 2.44. The Kier molecular flexibility index (Phi) is 4.54.